The van der Waals surface area contributed by atoms with Crippen molar-refractivity contribution in [3.05, 3.63) is 53.1 Å². The first kappa shape index (κ1) is 15.3. The van der Waals surface area contributed by atoms with Gasteiger partial charge in [-0.2, -0.15) is 10.5 Å². The zero-order chi connectivity index (χ0) is 16.3. The molecule has 1 heterocycles. The number of aromatic nitrogens is 2. The van der Waals surface area contributed by atoms with E-state index in [1.54, 1.807) is 13.0 Å². The smallest absolute Gasteiger partial charge is 0.176 e. The van der Waals surface area contributed by atoms with Gasteiger partial charge in [0.1, 0.15) is 12.1 Å². The summed E-state index contributed by atoms with van der Waals surface area (Å²) in [7, 11) is 0. The minimum Gasteiger partial charge on any atom is -0.321 e. The first-order chi connectivity index (χ1) is 10.5. The molecule has 0 bridgehead atoms. The Hall–Kier alpha value is -3.06. The SMILES string of the molecule is C[C@@H](Cn1cnc(C#N)c1C#N)C(=O)c1ccc(F)c(F)c1. The van der Waals surface area contributed by atoms with Crippen LogP contribution < -0.4 is 0 Å². The fraction of sp³-hybridized carbons (Fsp3) is 0.200. The molecule has 0 aliphatic heterocycles. The molecule has 7 heteroatoms. The monoisotopic (exact) mass is 300 g/mol. The molecule has 0 spiro atoms. The lowest BCUT2D eigenvalue weighted by atomic mass is 9.99. The zero-order valence-corrected chi connectivity index (χ0v) is 11.5. The number of nitrogens with zero attached hydrogens (tertiary/aromatic N) is 4. The van der Waals surface area contributed by atoms with E-state index >= 15 is 0 Å². The van der Waals surface area contributed by atoms with Crippen LogP contribution in [0.5, 0.6) is 0 Å². The maximum absolute atomic E-state index is 13.2. The van der Waals surface area contributed by atoms with Gasteiger partial charge in [-0.15, -0.1) is 0 Å². The number of carbonyl (C=O) groups is 1. The molecule has 0 saturated carbocycles. The highest BCUT2D eigenvalue weighted by Gasteiger charge is 2.20. The zero-order valence-electron chi connectivity index (χ0n) is 11.5. The van der Waals surface area contributed by atoms with Crippen molar-refractivity contribution in [2.75, 3.05) is 0 Å². The Balaban J connectivity index is 2.22. The summed E-state index contributed by atoms with van der Waals surface area (Å²) in [5.74, 6) is -3.11. The molecule has 0 saturated heterocycles. The summed E-state index contributed by atoms with van der Waals surface area (Å²) >= 11 is 0. The molecule has 0 radical (unpaired) electrons. The van der Waals surface area contributed by atoms with Gasteiger partial charge in [0.15, 0.2) is 28.8 Å². The van der Waals surface area contributed by atoms with Crippen molar-refractivity contribution < 1.29 is 13.6 Å². The van der Waals surface area contributed by atoms with Gasteiger partial charge in [-0.1, -0.05) is 6.92 Å². The van der Waals surface area contributed by atoms with Crippen molar-refractivity contribution in [1.29, 1.82) is 10.5 Å². The number of halogens is 2. The fourth-order valence-corrected chi connectivity index (χ4v) is 2.03. The lowest BCUT2D eigenvalue weighted by molar-refractivity contribution is 0.0917. The van der Waals surface area contributed by atoms with E-state index in [1.165, 1.54) is 17.0 Å². The number of benzene rings is 1. The Labute approximate surface area is 125 Å². The summed E-state index contributed by atoms with van der Waals surface area (Å²) in [6.45, 7) is 1.70. The topological polar surface area (TPSA) is 82.5 Å². The molecular formula is C15H10F2N4O. The van der Waals surface area contributed by atoms with Gasteiger partial charge in [-0.05, 0) is 18.2 Å². The van der Waals surface area contributed by atoms with Gasteiger partial charge in [-0.25, -0.2) is 13.8 Å². The maximum atomic E-state index is 13.2. The molecule has 0 N–H and O–H groups in total. The van der Waals surface area contributed by atoms with Crippen molar-refractivity contribution >= 4 is 5.78 Å². The molecule has 0 fully saturated rings. The second-order valence-electron chi connectivity index (χ2n) is 4.71. The fourth-order valence-electron chi connectivity index (χ4n) is 2.03. The molecule has 22 heavy (non-hydrogen) atoms. The second kappa shape index (κ2) is 6.15. The third-order valence-corrected chi connectivity index (χ3v) is 3.17. The van der Waals surface area contributed by atoms with E-state index in [1.807, 2.05) is 6.07 Å². The van der Waals surface area contributed by atoms with Crippen LogP contribution in [0.4, 0.5) is 8.78 Å². The number of hydrogen-bond donors (Lipinski definition) is 0. The number of Topliss-reactive ketones (excluding diaryl/α,β-unsaturated/α-hetero) is 1. The summed E-state index contributed by atoms with van der Waals surface area (Å²) in [4.78, 5) is 16.0. The molecule has 0 aliphatic rings. The molecule has 1 aromatic carbocycles. The predicted molar refractivity (Wildman–Crippen MR) is 71.5 cm³/mol. The number of hydrogen-bond acceptors (Lipinski definition) is 4. The number of nitriles is 2. The molecule has 5 nitrogen and oxygen atoms in total. The quantitative estimate of drug-likeness (QED) is 0.812. The molecular weight excluding hydrogens is 290 g/mol. The number of carbonyl (C=O) groups excluding carboxylic acids is 1. The van der Waals surface area contributed by atoms with Crippen LogP contribution in [0.1, 0.15) is 28.7 Å². The van der Waals surface area contributed by atoms with Crippen molar-refractivity contribution in [2.45, 2.75) is 13.5 Å². The van der Waals surface area contributed by atoms with E-state index in [-0.39, 0.29) is 23.5 Å². The van der Waals surface area contributed by atoms with Crippen molar-refractivity contribution in [1.82, 2.24) is 9.55 Å². The predicted octanol–water partition coefficient (Wildman–Crippen LogP) is 2.42. The Kier molecular flexibility index (Phi) is 4.28. The van der Waals surface area contributed by atoms with Gasteiger partial charge in [0.2, 0.25) is 0 Å². The first-order valence-corrected chi connectivity index (χ1v) is 6.32. The highest BCUT2D eigenvalue weighted by molar-refractivity contribution is 5.97. The van der Waals surface area contributed by atoms with Crippen molar-refractivity contribution in [3.63, 3.8) is 0 Å². The van der Waals surface area contributed by atoms with Gasteiger partial charge in [-0.3, -0.25) is 4.79 Å². The minimum atomic E-state index is -1.09. The van der Waals surface area contributed by atoms with Gasteiger partial charge in [0.05, 0.1) is 6.33 Å². The average molecular weight is 300 g/mol. The summed E-state index contributed by atoms with van der Waals surface area (Å²) < 4.78 is 27.5. The second-order valence-corrected chi connectivity index (χ2v) is 4.71. The minimum absolute atomic E-state index is 0.0185. The third kappa shape index (κ3) is 2.84. The molecule has 1 aromatic heterocycles. The van der Waals surface area contributed by atoms with Crippen LogP contribution >= 0.6 is 0 Å². The molecule has 1 atom stereocenters. The Morgan fingerprint density at radius 1 is 1.32 bits per heavy atom. The van der Waals surface area contributed by atoms with Crippen molar-refractivity contribution in [2.24, 2.45) is 5.92 Å². The van der Waals surface area contributed by atoms with Crippen LogP contribution in [0.2, 0.25) is 0 Å². The van der Waals surface area contributed by atoms with Gasteiger partial charge >= 0.3 is 0 Å². The normalized spacial score (nSPS) is 11.5. The van der Waals surface area contributed by atoms with Crippen LogP contribution in [0.3, 0.4) is 0 Å². The van der Waals surface area contributed by atoms with E-state index in [2.05, 4.69) is 4.98 Å². The van der Waals surface area contributed by atoms with E-state index < -0.39 is 23.3 Å². The highest BCUT2D eigenvalue weighted by Crippen LogP contribution is 2.16. The number of ketones is 1. The maximum Gasteiger partial charge on any atom is 0.176 e. The number of rotatable bonds is 4. The molecule has 0 unspecified atom stereocenters. The largest absolute Gasteiger partial charge is 0.321 e. The van der Waals surface area contributed by atoms with Gasteiger partial charge in [0, 0.05) is 18.0 Å². The van der Waals surface area contributed by atoms with Crippen LogP contribution in [0.15, 0.2) is 24.5 Å². The van der Waals surface area contributed by atoms with Crippen LogP contribution in [0.25, 0.3) is 0 Å². The lowest BCUT2D eigenvalue weighted by Gasteiger charge is -2.12. The lowest BCUT2D eigenvalue weighted by Crippen LogP contribution is -2.18. The average Bonchev–Trinajstić information content (AvgIpc) is 2.90. The summed E-state index contributed by atoms with van der Waals surface area (Å²) in [6.07, 6.45) is 1.30. The molecule has 2 rings (SSSR count). The van der Waals surface area contributed by atoms with Crippen LogP contribution in [0, 0.1) is 40.2 Å². The summed E-state index contributed by atoms with van der Waals surface area (Å²) in [6, 6.07) is 6.57. The molecule has 0 amide bonds. The molecule has 0 aliphatic carbocycles. The van der Waals surface area contributed by atoms with E-state index in [0.717, 1.165) is 12.1 Å². The van der Waals surface area contributed by atoms with Gasteiger partial charge in [0.25, 0.3) is 0 Å². The number of imidazole rings is 1. The summed E-state index contributed by atoms with van der Waals surface area (Å²) in [5, 5.41) is 17.8. The molecule has 2 aromatic rings. The standard InChI is InChI=1S/C15H10F2N4O/c1-9(7-21-8-20-13(5-18)14(21)6-19)15(22)10-2-3-11(16)12(17)4-10/h2-4,8-9H,7H2,1H3/t9-/m0/s1. The highest BCUT2D eigenvalue weighted by atomic mass is 19.2. The van der Waals surface area contributed by atoms with E-state index in [0.29, 0.717) is 0 Å². The molecule has 110 valence electrons. The van der Waals surface area contributed by atoms with E-state index in [9.17, 15) is 13.6 Å². The van der Waals surface area contributed by atoms with Crippen LogP contribution in [-0.2, 0) is 6.54 Å². The Morgan fingerprint density at radius 3 is 2.64 bits per heavy atom. The Bertz CT molecular complexity index is 814. The first-order valence-electron chi connectivity index (χ1n) is 6.32. The van der Waals surface area contributed by atoms with Crippen LogP contribution in [-0.4, -0.2) is 15.3 Å². The third-order valence-electron chi connectivity index (χ3n) is 3.17. The van der Waals surface area contributed by atoms with E-state index in [4.69, 9.17) is 10.5 Å². The van der Waals surface area contributed by atoms with Crippen molar-refractivity contribution in [3.8, 4) is 12.1 Å². The Morgan fingerprint density at radius 2 is 2.05 bits per heavy atom. The van der Waals surface area contributed by atoms with Gasteiger partial charge < -0.3 is 4.57 Å². The summed E-state index contributed by atoms with van der Waals surface area (Å²) in [5.41, 5.74) is 0.0907.